The maximum atomic E-state index is 14.0. The van der Waals surface area contributed by atoms with Crippen molar-refractivity contribution in [3.63, 3.8) is 0 Å². The van der Waals surface area contributed by atoms with E-state index >= 15 is 0 Å². The van der Waals surface area contributed by atoms with Crippen LogP contribution in [0.15, 0.2) is 36.8 Å². The van der Waals surface area contributed by atoms with Gasteiger partial charge in [-0.15, -0.1) is 0 Å². The van der Waals surface area contributed by atoms with Gasteiger partial charge in [0.1, 0.15) is 11.9 Å². The second-order valence-electron chi connectivity index (χ2n) is 7.61. The number of rotatable bonds is 8. The first kappa shape index (κ1) is 21.6. The van der Waals surface area contributed by atoms with Gasteiger partial charge in [0.05, 0.1) is 41.9 Å². The van der Waals surface area contributed by atoms with E-state index in [1.54, 1.807) is 42.0 Å². The molecule has 0 saturated carbocycles. The molecule has 0 radical (unpaired) electrons. The van der Waals surface area contributed by atoms with E-state index in [0.717, 1.165) is 0 Å². The van der Waals surface area contributed by atoms with Crippen molar-refractivity contribution in [2.45, 2.75) is 38.6 Å². The number of alkyl halides is 1. The lowest BCUT2D eigenvalue weighted by atomic mass is 10.0. The minimum absolute atomic E-state index is 0.152. The Hall–Kier alpha value is -3.11. The molecule has 3 rings (SSSR count). The summed E-state index contributed by atoms with van der Waals surface area (Å²) in [6.45, 7) is 3.92. The highest BCUT2D eigenvalue weighted by atomic mass is 19.1. The molecule has 0 saturated heterocycles. The van der Waals surface area contributed by atoms with E-state index in [1.807, 2.05) is 0 Å². The van der Waals surface area contributed by atoms with Gasteiger partial charge < -0.3 is 20.8 Å². The molecular weight excluding hydrogens is 391 g/mol. The van der Waals surface area contributed by atoms with E-state index in [4.69, 9.17) is 0 Å². The van der Waals surface area contributed by atoms with Crippen LogP contribution in [0, 0.1) is 0 Å². The van der Waals surface area contributed by atoms with Crippen LogP contribution in [0.2, 0.25) is 0 Å². The van der Waals surface area contributed by atoms with E-state index in [2.05, 4.69) is 25.7 Å². The van der Waals surface area contributed by atoms with Crippen molar-refractivity contribution in [2.75, 3.05) is 18.5 Å². The zero-order chi connectivity index (χ0) is 21.9. The minimum atomic E-state index is -1.63. The van der Waals surface area contributed by atoms with Gasteiger partial charge in [0, 0.05) is 18.4 Å². The first-order valence-electron chi connectivity index (χ1n) is 9.52. The summed E-state index contributed by atoms with van der Waals surface area (Å²) in [6, 6.07) is 4.90. The molecule has 2 atom stereocenters. The average molecular weight is 416 g/mol. The highest BCUT2D eigenvalue weighted by Gasteiger charge is 2.27. The Morgan fingerprint density at radius 3 is 2.80 bits per heavy atom. The smallest absolute Gasteiger partial charge is 0.255 e. The fourth-order valence-electron chi connectivity index (χ4n) is 2.74. The number of aliphatic hydroxyl groups is 2. The Labute approximate surface area is 173 Å². The van der Waals surface area contributed by atoms with Crippen LogP contribution >= 0.6 is 0 Å². The largest absolute Gasteiger partial charge is 0.394 e. The third kappa shape index (κ3) is 4.71. The molecule has 3 aromatic rings. The predicted octanol–water partition coefficient (Wildman–Crippen LogP) is 1.42. The zero-order valence-electron chi connectivity index (χ0n) is 17.0. The van der Waals surface area contributed by atoms with E-state index in [9.17, 15) is 19.4 Å². The van der Waals surface area contributed by atoms with Crippen LogP contribution in [0.4, 0.5) is 10.1 Å². The van der Waals surface area contributed by atoms with E-state index in [1.165, 1.54) is 20.0 Å². The number of imidazole rings is 1. The molecule has 0 aliphatic rings. The van der Waals surface area contributed by atoms with Crippen molar-refractivity contribution in [2.24, 2.45) is 0 Å². The zero-order valence-corrected chi connectivity index (χ0v) is 17.0. The quantitative estimate of drug-likeness (QED) is 0.438. The normalized spacial score (nSPS) is 13.8. The number of anilines is 1. The number of pyridine rings is 1. The standard InChI is InChI=1S/C20H25FN6O3/c1-12(11-28)26-14-7-15(16-9-23-18-5-4-6-25-27(16)18)22-8-13(14)19(29)24-10-17(21)20(2,3)30/h4-9,12,17,28,30H,10-11H2,1-3H3,(H,22,26)(H,24,29). The molecule has 0 aliphatic heterocycles. The number of nitrogens with zero attached hydrogens (tertiary/aromatic N) is 4. The summed E-state index contributed by atoms with van der Waals surface area (Å²) in [7, 11) is 0. The van der Waals surface area contributed by atoms with Crippen molar-refractivity contribution in [3.05, 3.63) is 42.4 Å². The first-order chi connectivity index (χ1) is 14.2. The van der Waals surface area contributed by atoms with Gasteiger partial charge in [-0.1, -0.05) is 0 Å². The fraction of sp³-hybridized carbons (Fsp3) is 0.400. The van der Waals surface area contributed by atoms with E-state index < -0.39 is 17.7 Å². The van der Waals surface area contributed by atoms with Gasteiger partial charge in [0.2, 0.25) is 0 Å². The predicted molar refractivity (Wildman–Crippen MR) is 110 cm³/mol. The molecule has 0 spiro atoms. The fourth-order valence-corrected chi connectivity index (χ4v) is 2.74. The maximum absolute atomic E-state index is 14.0. The SMILES string of the molecule is CC(CO)Nc1cc(-c2cnc3cccnn23)ncc1C(=O)NCC(F)C(C)(C)O. The number of hydrogen-bond donors (Lipinski definition) is 4. The summed E-state index contributed by atoms with van der Waals surface area (Å²) in [5.74, 6) is -0.551. The molecular formula is C20H25FN6O3. The second-order valence-corrected chi connectivity index (χ2v) is 7.61. The van der Waals surface area contributed by atoms with Crippen LogP contribution in [0.3, 0.4) is 0 Å². The van der Waals surface area contributed by atoms with E-state index in [0.29, 0.717) is 22.7 Å². The molecule has 3 aromatic heterocycles. The second kappa shape index (κ2) is 8.72. The summed E-state index contributed by atoms with van der Waals surface area (Å²) in [5, 5.41) is 28.9. The van der Waals surface area contributed by atoms with Crippen LogP contribution in [-0.2, 0) is 0 Å². The number of fused-ring (bicyclic) bond motifs is 1. The maximum Gasteiger partial charge on any atom is 0.255 e. The van der Waals surface area contributed by atoms with Crippen molar-refractivity contribution in [1.82, 2.24) is 24.9 Å². The van der Waals surface area contributed by atoms with Gasteiger partial charge in [0.25, 0.3) is 5.91 Å². The number of amides is 1. The number of nitrogens with one attached hydrogen (secondary N) is 2. The topological polar surface area (TPSA) is 125 Å². The molecule has 30 heavy (non-hydrogen) atoms. The van der Waals surface area contributed by atoms with Gasteiger partial charge >= 0.3 is 0 Å². The lowest BCUT2D eigenvalue weighted by Crippen LogP contribution is -2.42. The van der Waals surface area contributed by atoms with Gasteiger partial charge in [-0.25, -0.2) is 13.9 Å². The summed E-state index contributed by atoms with van der Waals surface area (Å²) >= 11 is 0. The van der Waals surface area contributed by atoms with Crippen LogP contribution in [0.25, 0.3) is 17.0 Å². The van der Waals surface area contributed by atoms with Crippen LogP contribution in [0.5, 0.6) is 0 Å². The van der Waals surface area contributed by atoms with Crippen LogP contribution < -0.4 is 10.6 Å². The summed E-state index contributed by atoms with van der Waals surface area (Å²) in [6.07, 6.45) is 2.99. The third-order valence-corrected chi connectivity index (χ3v) is 4.57. The van der Waals surface area contributed by atoms with E-state index in [-0.39, 0.29) is 24.8 Å². The molecule has 0 aromatic carbocycles. The average Bonchev–Trinajstić information content (AvgIpc) is 3.15. The van der Waals surface area contributed by atoms with Gasteiger partial charge in [0.15, 0.2) is 5.65 Å². The Bertz CT molecular complexity index is 1030. The van der Waals surface area contributed by atoms with Crippen molar-refractivity contribution >= 4 is 17.2 Å². The molecule has 1 amide bonds. The number of halogens is 1. The molecule has 10 heteroatoms. The first-order valence-corrected chi connectivity index (χ1v) is 9.52. The highest BCUT2D eigenvalue weighted by Crippen LogP contribution is 2.24. The van der Waals surface area contributed by atoms with Gasteiger partial charge in [-0.3, -0.25) is 9.78 Å². The monoisotopic (exact) mass is 416 g/mol. The molecule has 0 fully saturated rings. The summed E-state index contributed by atoms with van der Waals surface area (Å²) in [4.78, 5) is 21.3. The Morgan fingerprint density at radius 2 is 2.10 bits per heavy atom. The number of aromatic nitrogens is 4. The van der Waals surface area contributed by atoms with Crippen LogP contribution in [0.1, 0.15) is 31.1 Å². The van der Waals surface area contributed by atoms with Crippen molar-refractivity contribution in [1.29, 1.82) is 0 Å². The van der Waals surface area contributed by atoms with Gasteiger partial charge in [-0.05, 0) is 39.0 Å². The minimum Gasteiger partial charge on any atom is -0.394 e. The molecule has 0 aliphatic carbocycles. The third-order valence-electron chi connectivity index (χ3n) is 4.57. The molecule has 160 valence electrons. The molecule has 9 nitrogen and oxygen atoms in total. The molecule has 0 bridgehead atoms. The Kier molecular flexibility index (Phi) is 6.28. The number of carbonyl (C=O) groups excluding carboxylic acids is 1. The lowest BCUT2D eigenvalue weighted by Gasteiger charge is -2.23. The van der Waals surface area contributed by atoms with Gasteiger partial charge in [-0.2, -0.15) is 5.10 Å². The number of aliphatic hydroxyl groups excluding tert-OH is 1. The van der Waals surface area contributed by atoms with Crippen molar-refractivity contribution in [3.8, 4) is 11.4 Å². The Balaban J connectivity index is 1.92. The molecule has 2 unspecified atom stereocenters. The Morgan fingerprint density at radius 1 is 1.33 bits per heavy atom. The molecule has 3 heterocycles. The van der Waals surface area contributed by atoms with Crippen LogP contribution in [-0.4, -0.2) is 66.7 Å². The highest BCUT2D eigenvalue weighted by molar-refractivity contribution is 6.00. The number of carbonyl (C=O) groups is 1. The van der Waals surface area contributed by atoms with Crippen molar-refractivity contribution < 1.29 is 19.4 Å². The summed E-state index contributed by atoms with van der Waals surface area (Å²) < 4.78 is 15.6. The summed E-state index contributed by atoms with van der Waals surface area (Å²) in [5.41, 5.74) is 0.827. The molecule has 4 N–H and O–H groups in total. The number of hydrogen-bond acceptors (Lipinski definition) is 7. The lowest BCUT2D eigenvalue weighted by molar-refractivity contribution is -0.00177.